The van der Waals surface area contributed by atoms with Gasteiger partial charge in [-0.05, 0) is 24.3 Å². The van der Waals surface area contributed by atoms with Gasteiger partial charge in [-0.1, -0.05) is 97.1 Å². The van der Waals surface area contributed by atoms with Crippen LogP contribution in [0.15, 0.2) is 133 Å². The van der Waals surface area contributed by atoms with Crippen molar-refractivity contribution in [3.8, 4) is 45.0 Å². The highest BCUT2D eigenvalue weighted by Gasteiger charge is 2.20. The first kappa shape index (κ1) is 25.0. The van der Waals surface area contributed by atoms with Crippen LogP contribution in [0.2, 0.25) is 0 Å². The van der Waals surface area contributed by atoms with Gasteiger partial charge in [0.25, 0.3) is 0 Å². The lowest BCUT2D eigenvalue weighted by Crippen LogP contribution is -2.39. The van der Waals surface area contributed by atoms with Gasteiger partial charge in [0.05, 0.1) is 14.1 Å². The molecule has 2 aromatic heterocycles. The highest BCUT2D eigenvalue weighted by Crippen LogP contribution is 2.25. The van der Waals surface area contributed by atoms with E-state index in [4.69, 9.17) is 0 Å². The summed E-state index contributed by atoms with van der Waals surface area (Å²) in [4.78, 5) is 0. The Kier molecular flexibility index (Phi) is 7.32. The smallest absolute Gasteiger partial charge is 0.156 e. The molecular formula is C34H34N4+2. The minimum absolute atomic E-state index is 1.22. The van der Waals surface area contributed by atoms with E-state index in [0.717, 1.165) is 0 Å². The number of rotatable bonds is 4. The molecule has 0 aliphatic heterocycles. The zero-order valence-corrected chi connectivity index (χ0v) is 22.5. The summed E-state index contributed by atoms with van der Waals surface area (Å²) in [6, 6.07) is 46.4. The van der Waals surface area contributed by atoms with Crippen LogP contribution in [0.3, 0.4) is 0 Å². The summed E-state index contributed by atoms with van der Waals surface area (Å²) >= 11 is 0. The zero-order chi connectivity index (χ0) is 26.5. The Bertz CT molecular complexity index is 1370. The average molecular weight is 499 g/mol. The first-order chi connectivity index (χ1) is 18.5. The molecule has 4 nitrogen and oxygen atoms in total. The maximum atomic E-state index is 2.24. The SMILES string of the molecule is Cn1c(-c2ccccc2)cc(-c2ccccc2)[n+]1C.Cn1c(-c2ccccc2)cc(-c2ccccc2)[n+]1C. The van der Waals surface area contributed by atoms with E-state index in [1.807, 2.05) is 24.3 Å². The van der Waals surface area contributed by atoms with E-state index in [0.29, 0.717) is 0 Å². The second-order valence-corrected chi connectivity index (χ2v) is 9.39. The van der Waals surface area contributed by atoms with Gasteiger partial charge in [-0.25, -0.2) is 0 Å². The lowest BCUT2D eigenvalue weighted by Gasteiger charge is -1.99. The van der Waals surface area contributed by atoms with Crippen molar-refractivity contribution in [2.75, 3.05) is 0 Å². The fourth-order valence-corrected chi connectivity index (χ4v) is 4.80. The van der Waals surface area contributed by atoms with Gasteiger partial charge in [-0.2, -0.15) is 9.36 Å². The number of hydrogen-bond acceptors (Lipinski definition) is 0. The molecule has 0 saturated heterocycles. The normalized spacial score (nSPS) is 10.6. The number of aromatic nitrogens is 4. The van der Waals surface area contributed by atoms with E-state index in [9.17, 15) is 0 Å². The minimum atomic E-state index is 1.22. The Hall–Kier alpha value is -4.70. The van der Waals surface area contributed by atoms with Gasteiger partial charge in [0.1, 0.15) is 11.4 Å². The van der Waals surface area contributed by atoms with Gasteiger partial charge in [0, 0.05) is 34.4 Å². The third-order valence-electron chi connectivity index (χ3n) is 7.12. The van der Waals surface area contributed by atoms with Crippen molar-refractivity contribution in [2.45, 2.75) is 0 Å². The molecule has 0 aliphatic carbocycles. The Morgan fingerprint density at radius 1 is 0.395 bits per heavy atom. The summed E-state index contributed by atoms with van der Waals surface area (Å²) in [5.41, 5.74) is 9.85. The third-order valence-corrected chi connectivity index (χ3v) is 7.12. The summed E-state index contributed by atoms with van der Waals surface area (Å²) in [5.74, 6) is 0. The van der Waals surface area contributed by atoms with Crippen LogP contribution in [-0.4, -0.2) is 9.36 Å². The number of benzene rings is 4. The van der Waals surface area contributed by atoms with Crippen LogP contribution in [0.4, 0.5) is 0 Å². The van der Waals surface area contributed by atoms with E-state index in [1.165, 1.54) is 45.0 Å². The molecule has 0 N–H and O–H groups in total. The lowest BCUT2D eigenvalue weighted by atomic mass is 10.1. The molecule has 0 spiro atoms. The molecule has 6 rings (SSSR count). The molecule has 0 radical (unpaired) electrons. The topological polar surface area (TPSA) is 17.6 Å². The fraction of sp³-hybridized carbons (Fsp3) is 0.118. The van der Waals surface area contributed by atoms with Crippen molar-refractivity contribution < 1.29 is 9.36 Å². The molecule has 0 unspecified atom stereocenters. The van der Waals surface area contributed by atoms with Crippen molar-refractivity contribution in [3.05, 3.63) is 133 Å². The highest BCUT2D eigenvalue weighted by molar-refractivity contribution is 5.67. The summed E-state index contributed by atoms with van der Waals surface area (Å²) in [7, 11) is 8.37. The predicted molar refractivity (Wildman–Crippen MR) is 155 cm³/mol. The van der Waals surface area contributed by atoms with E-state index in [-0.39, 0.29) is 0 Å². The molecule has 0 atom stereocenters. The van der Waals surface area contributed by atoms with Crippen molar-refractivity contribution in [3.63, 3.8) is 0 Å². The fourth-order valence-electron chi connectivity index (χ4n) is 4.80. The molecule has 4 heteroatoms. The molecule has 0 fully saturated rings. The standard InChI is InChI=1S/2C17H17N2/c2*1-18-16(14-9-5-3-6-10-14)13-17(19(18)2)15-11-7-4-8-12-15/h2*3-13H,1-2H3/q2*+1. The molecular weight excluding hydrogens is 464 g/mol. The molecule has 0 bridgehead atoms. The van der Waals surface area contributed by atoms with E-state index in [1.54, 1.807) is 0 Å². The molecule has 38 heavy (non-hydrogen) atoms. The molecule has 0 amide bonds. The van der Waals surface area contributed by atoms with Crippen LogP contribution in [-0.2, 0) is 28.2 Å². The van der Waals surface area contributed by atoms with Crippen LogP contribution in [0.25, 0.3) is 45.0 Å². The summed E-state index contributed by atoms with van der Waals surface area (Å²) in [6.07, 6.45) is 0. The Labute approximate surface area is 225 Å². The van der Waals surface area contributed by atoms with Crippen molar-refractivity contribution in [1.82, 2.24) is 9.36 Å². The first-order valence-corrected chi connectivity index (χ1v) is 12.9. The highest BCUT2D eigenvalue weighted by atomic mass is 15.4. The van der Waals surface area contributed by atoms with Gasteiger partial charge in [-0.3, -0.25) is 0 Å². The van der Waals surface area contributed by atoms with E-state index >= 15 is 0 Å². The van der Waals surface area contributed by atoms with Gasteiger partial charge in [0.15, 0.2) is 14.1 Å². The van der Waals surface area contributed by atoms with Crippen molar-refractivity contribution >= 4 is 0 Å². The molecule has 6 aromatic rings. The molecule has 0 saturated carbocycles. The van der Waals surface area contributed by atoms with Crippen LogP contribution in [0, 0.1) is 0 Å². The molecule has 2 heterocycles. The minimum Gasteiger partial charge on any atom is -0.156 e. The maximum Gasteiger partial charge on any atom is 0.238 e. The second kappa shape index (κ2) is 11.1. The third kappa shape index (κ3) is 5.07. The van der Waals surface area contributed by atoms with Gasteiger partial charge >= 0.3 is 0 Å². The van der Waals surface area contributed by atoms with Gasteiger partial charge < -0.3 is 0 Å². The Morgan fingerprint density at radius 2 is 0.658 bits per heavy atom. The molecule has 0 aliphatic rings. The lowest BCUT2D eigenvalue weighted by molar-refractivity contribution is -0.740. The molecule has 4 aromatic carbocycles. The van der Waals surface area contributed by atoms with Crippen molar-refractivity contribution in [2.24, 2.45) is 28.2 Å². The zero-order valence-electron chi connectivity index (χ0n) is 22.5. The van der Waals surface area contributed by atoms with E-state index in [2.05, 4.69) is 156 Å². The quantitative estimate of drug-likeness (QED) is 0.252. The Balaban J connectivity index is 0.000000155. The number of nitrogens with zero attached hydrogens (tertiary/aromatic N) is 4. The maximum absolute atomic E-state index is 2.24. The molecule has 188 valence electrons. The van der Waals surface area contributed by atoms with Gasteiger partial charge in [-0.15, -0.1) is 9.36 Å². The van der Waals surface area contributed by atoms with Crippen LogP contribution in [0.5, 0.6) is 0 Å². The van der Waals surface area contributed by atoms with Gasteiger partial charge in [0.2, 0.25) is 11.4 Å². The first-order valence-electron chi connectivity index (χ1n) is 12.9. The summed E-state index contributed by atoms with van der Waals surface area (Å²) < 4.78 is 8.71. The van der Waals surface area contributed by atoms with Crippen LogP contribution < -0.4 is 9.36 Å². The van der Waals surface area contributed by atoms with Crippen LogP contribution >= 0.6 is 0 Å². The largest absolute Gasteiger partial charge is 0.238 e. The van der Waals surface area contributed by atoms with Crippen LogP contribution in [0.1, 0.15) is 0 Å². The number of hydrogen-bond donors (Lipinski definition) is 0. The second-order valence-electron chi connectivity index (χ2n) is 9.39. The monoisotopic (exact) mass is 498 g/mol. The summed E-state index contributed by atoms with van der Waals surface area (Å²) in [5, 5.41) is 0. The Morgan fingerprint density at radius 3 is 0.947 bits per heavy atom. The average Bonchev–Trinajstić information content (AvgIpc) is 3.45. The predicted octanol–water partition coefficient (Wildman–Crippen LogP) is 6.37. The van der Waals surface area contributed by atoms with Crippen molar-refractivity contribution in [1.29, 1.82) is 0 Å². The summed E-state index contributed by atoms with van der Waals surface area (Å²) in [6.45, 7) is 0. The van der Waals surface area contributed by atoms with E-state index < -0.39 is 0 Å².